The third-order valence-corrected chi connectivity index (χ3v) is 6.05. The number of benzene rings is 1. The van der Waals surface area contributed by atoms with E-state index in [1.54, 1.807) is 0 Å². The molecule has 0 amide bonds. The van der Waals surface area contributed by atoms with Crippen LogP contribution in [0.25, 0.3) is 0 Å². The molecule has 0 aliphatic heterocycles. The molecule has 0 radical (unpaired) electrons. The van der Waals surface area contributed by atoms with Gasteiger partial charge in [0, 0.05) is 6.54 Å². The lowest BCUT2D eigenvalue weighted by Gasteiger charge is -2.09. The minimum absolute atomic E-state index is 0.0807. The Morgan fingerprint density at radius 3 is 0.902 bits per heavy atom. The molecule has 1 aromatic rings. The summed E-state index contributed by atoms with van der Waals surface area (Å²) in [6.07, 6.45) is -0.487. The lowest BCUT2D eigenvalue weighted by atomic mass is 10.2. The van der Waals surface area contributed by atoms with Gasteiger partial charge < -0.3 is 62.2 Å². The van der Waals surface area contributed by atoms with Crippen molar-refractivity contribution < 1.29 is 83.6 Å². The van der Waals surface area contributed by atoms with Crippen molar-refractivity contribution in [1.29, 1.82) is 0 Å². The second kappa shape index (κ2) is 33.7. The minimum Gasteiger partial charge on any atom is -0.420 e. The van der Waals surface area contributed by atoms with Crippen LogP contribution < -0.4 is 10.1 Å². The van der Waals surface area contributed by atoms with Crippen LogP contribution in [0.4, 0.5) is 22.0 Å². The molecular formula is C32H52F5NO13. The molecule has 0 aliphatic carbocycles. The van der Waals surface area contributed by atoms with Gasteiger partial charge in [-0.3, -0.25) is 4.79 Å². The summed E-state index contributed by atoms with van der Waals surface area (Å²) < 4.78 is 130. The molecule has 0 saturated carbocycles. The van der Waals surface area contributed by atoms with Crippen molar-refractivity contribution in [1.82, 2.24) is 5.32 Å². The summed E-state index contributed by atoms with van der Waals surface area (Å²) in [4.78, 5) is 11.6. The zero-order valence-electron chi connectivity index (χ0n) is 29.2. The van der Waals surface area contributed by atoms with Crippen LogP contribution in [0, 0.1) is 29.1 Å². The first-order valence-corrected chi connectivity index (χ1v) is 16.6. The normalized spacial score (nSPS) is 11.5. The van der Waals surface area contributed by atoms with Crippen LogP contribution in [0.3, 0.4) is 0 Å². The third kappa shape index (κ3) is 25.5. The lowest BCUT2D eigenvalue weighted by Crippen LogP contribution is -2.17. The van der Waals surface area contributed by atoms with Gasteiger partial charge in [-0.15, -0.1) is 0 Å². The Balaban J connectivity index is 1.73. The Hall–Kier alpha value is -2.14. The molecule has 0 bridgehead atoms. The van der Waals surface area contributed by atoms with Gasteiger partial charge in [0.2, 0.25) is 34.8 Å². The van der Waals surface area contributed by atoms with E-state index >= 15 is 0 Å². The van der Waals surface area contributed by atoms with Gasteiger partial charge >= 0.3 is 5.97 Å². The van der Waals surface area contributed by atoms with Crippen molar-refractivity contribution in [3.8, 4) is 5.75 Å². The van der Waals surface area contributed by atoms with Crippen LogP contribution in [-0.2, 0) is 56.9 Å². The number of halogens is 5. The number of esters is 1. The molecule has 1 N–H and O–H groups in total. The Morgan fingerprint density at radius 1 is 0.392 bits per heavy atom. The lowest BCUT2D eigenvalue weighted by molar-refractivity contribution is -0.136. The SMILES string of the molecule is CNCCOCCOCCOCCOCCOCCOCCOCCOCCOCCOCCOCCC(=O)Oc1c(F)c(F)c(F)c(F)c1F. The van der Waals surface area contributed by atoms with E-state index in [1.165, 1.54) is 0 Å². The van der Waals surface area contributed by atoms with Gasteiger partial charge in [0.1, 0.15) is 0 Å². The van der Waals surface area contributed by atoms with E-state index in [0.717, 1.165) is 6.54 Å². The average Bonchev–Trinajstić information content (AvgIpc) is 3.13. The van der Waals surface area contributed by atoms with E-state index in [4.69, 9.17) is 52.1 Å². The van der Waals surface area contributed by atoms with Crippen molar-refractivity contribution in [3.63, 3.8) is 0 Å². The molecule has 0 fully saturated rings. The van der Waals surface area contributed by atoms with Gasteiger partial charge in [-0.2, -0.15) is 8.78 Å². The topological polar surface area (TPSA) is 140 Å². The molecule has 0 aromatic heterocycles. The molecule has 1 aromatic carbocycles. The summed E-state index contributed by atoms with van der Waals surface area (Å²) in [7, 11) is 1.88. The van der Waals surface area contributed by atoms with Crippen molar-refractivity contribution in [2.45, 2.75) is 6.42 Å². The van der Waals surface area contributed by atoms with Gasteiger partial charge in [0.15, 0.2) is 0 Å². The second-order valence-electron chi connectivity index (χ2n) is 9.96. The van der Waals surface area contributed by atoms with Gasteiger partial charge in [0.25, 0.3) is 0 Å². The zero-order valence-corrected chi connectivity index (χ0v) is 29.2. The Kier molecular flexibility index (Phi) is 31.0. The Labute approximate surface area is 295 Å². The predicted molar refractivity (Wildman–Crippen MR) is 169 cm³/mol. The minimum atomic E-state index is -2.35. The number of hydrogen-bond acceptors (Lipinski definition) is 14. The number of carbonyl (C=O) groups is 1. The molecule has 0 aliphatic rings. The van der Waals surface area contributed by atoms with Crippen LogP contribution in [0.2, 0.25) is 0 Å². The first-order chi connectivity index (χ1) is 24.9. The average molecular weight is 754 g/mol. The van der Waals surface area contributed by atoms with Gasteiger partial charge in [-0.25, -0.2) is 13.2 Å². The van der Waals surface area contributed by atoms with Crippen LogP contribution >= 0.6 is 0 Å². The summed E-state index contributed by atoms with van der Waals surface area (Å²) in [5, 5.41) is 3.00. The quantitative estimate of drug-likeness (QED) is 0.0265. The summed E-state index contributed by atoms with van der Waals surface area (Å²) in [5.74, 6) is -14.1. The third-order valence-electron chi connectivity index (χ3n) is 6.05. The summed E-state index contributed by atoms with van der Waals surface area (Å²) in [6, 6.07) is 0. The molecule has 0 spiro atoms. The monoisotopic (exact) mass is 753 g/mol. The number of ether oxygens (including phenoxy) is 12. The molecule has 298 valence electrons. The summed E-state index contributed by atoms with van der Waals surface area (Å²) in [5.41, 5.74) is 0. The highest BCUT2D eigenvalue weighted by atomic mass is 19.2. The smallest absolute Gasteiger partial charge is 0.313 e. The second-order valence-corrected chi connectivity index (χ2v) is 9.96. The van der Waals surface area contributed by atoms with E-state index < -0.39 is 47.2 Å². The van der Waals surface area contributed by atoms with Crippen molar-refractivity contribution in [3.05, 3.63) is 29.1 Å². The fourth-order valence-electron chi connectivity index (χ4n) is 3.47. The van der Waals surface area contributed by atoms with E-state index in [2.05, 4.69) is 10.1 Å². The van der Waals surface area contributed by atoms with Crippen LogP contribution in [0.1, 0.15) is 6.42 Å². The van der Waals surface area contributed by atoms with Gasteiger partial charge in [-0.05, 0) is 7.05 Å². The zero-order chi connectivity index (χ0) is 37.2. The van der Waals surface area contributed by atoms with E-state index in [-0.39, 0.29) is 26.4 Å². The number of hydrogen-bond donors (Lipinski definition) is 1. The number of likely N-dealkylation sites (N-methyl/N-ethyl adjacent to an activating group) is 1. The molecule has 14 nitrogen and oxygen atoms in total. The van der Waals surface area contributed by atoms with Crippen molar-refractivity contribution in [2.75, 3.05) is 159 Å². The molecule has 0 atom stereocenters. The van der Waals surface area contributed by atoms with Crippen molar-refractivity contribution >= 4 is 5.97 Å². The van der Waals surface area contributed by atoms with Gasteiger partial charge in [-0.1, -0.05) is 0 Å². The molecule has 19 heteroatoms. The molecule has 1 rings (SSSR count). The molecule has 0 unspecified atom stereocenters. The van der Waals surface area contributed by atoms with Gasteiger partial charge in [0.05, 0.1) is 152 Å². The van der Waals surface area contributed by atoms with Crippen molar-refractivity contribution in [2.24, 2.45) is 0 Å². The Bertz CT molecular complexity index is 974. The number of rotatable bonds is 37. The maximum absolute atomic E-state index is 13.5. The van der Waals surface area contributed by atoms with E-state index in [0.29, 0.717) is 119 Å². The first kappa shape index (κ1) is 46.9. The molecule has 0 saturated heterocycles. The van der Waals surface area contributed by atoms with Crippen LogP contribution in [-0.4, -0.2) is 165 Å². The maximum atomic E-state index is 13.5. The summed E-state index contributed by atoms with van der Waals surface area (Å²) in [6.45, 7) is 9.51. The highest BCUT2D eigenvalue weighted by Gasteiger charge is 2.28. The van der Waals surface area contributed by atoms with E-state index in [9.17, 15) is 26.7 Å². The standard InChI is InChI=1S/C32H52F5NO13/c1-38-3-5-41-7-9-43-11-13-45-15-17-47-19-21-49-23-25-50-24-22-48-20-18-46-16-14-44-12-10-42-8-6-40-4-2-26(39)51-32-30(36)28(34)27(33)29(35)31(32)37/h38H,2-25H2,1H3. The van der Waals surface area contributed by atoms with E-state index in [1.807, 2.05) is 7.05 Å². The fraction of sp³-hybridized carbons (Fsp3) is 0.781. The molecular weight excluding hydrogens is 701 g/mol. The first-order valence-electron chi connectivity index (χ1n) is 16.6. The predicted octanol–water partition coefficient (Wildman–Crippen LogP) is 2.08. The maximum Gasteiger partial charge on any atom is 0.313 e. The highest BCUT2D eigenvalue weighted by molar-refractivity contribution is 5.72. The fourth-order valence-corrected chi connectivity index (χ4v) is 3.47. The summed E-state index contributed by atoms with van der Waals surface area (Å²) >= 11 is 0. The number of carbonyl (C=O) groups excluding carboxylic acids is 1. The molecule has 0 heterocycles. The van der Waals surface area contributed by atoms with Crippen LogP contribution in [0.5, 0.6) is 5.75 Å². The molecule has 51 heavy (non-hydrogen) atoms. The Morgan fingerprint density at radius 2 is 0.627 bits per heavy atom. The van der Waals surface area contributed by atoms with Crippen LogP contribution in [0.15, 0.2) is 0 Å². The number of nitrogens with one attached hydrogen (secondary N) is 1. The largest absolute Gasteiger partial charge is 0.420 e. The highest BCUT2D eigenvalue weighted by Crippen LogP contribution is 2.29.